The largest absolute Gasteiger partial charge is 0.444 e. The molecule has 0 unspecified atom stereocenters. The van der Waals surface area contributed by atoms with Gasteiger partial charge in [0.25, 0.3) is 0 Å². The maximum atomic E-state index is 12.0. The molecule has 2 N–H and O–H groups in total. The Morgan fingerprint density at radius 1 is 1.38 bits per heavy atom. The van der Waals surface area contributed by atoms with Crippen molar-refractivity contribution in [1.82, 2.24) is 15.3 Å². The van der Waals surface area contributed by atoms with Crippen LogP contribution in [0.1, 0.15) is 52.3 Å². The molecule has 2 saturated heterocycles. The van der Waals surface area contributed by atoms with Gasteiger partial charge in [0, 0.05) is 12.4 Å². The van der Waals surface area contributed by atoms with Crippen LogP contribution in [0.3, 0.4) is 0 Å². The van der Waals surface area contributed by atoms with Gasteiger partial charge in [-0.2, -0.15) is 0 Å². The van der Waals surface area contributed by atoms with Crippen molar-refractivity contribution < 1.29 is 14.3 Å². The van der Waals surface area contributed by atoms with Crippen molar-refractivity contribution in [2.75, 3.05) is 6.61 Å². The van der Waals surface area contributed by atoms with Crippen LogP contribution in [0.15, 0.2) is 12.4 Å². The minimum atomic E-state index is -0.483. The predicted molar refractivity (Wildman–Crippen MR) is 76.8 cm³/mol. The number of hydrogen-bond donors (Lipinski definition) is 2. The van der Waals surface area contributed by atoms with Crippen LogP contribution in [0.4, 0.5) is 4.79 Å². The summed E-state index contributed by atoms with van der Waals surface area (Å²) in [5, 5.41) is 3.02. The Morgan fingerprint density at radius 2 is 2.10 bits per heavy atom. The summed E-state index contributed by atoms with van der Waals surface area (Å²) in [4.78, 5) is 19.5. The third kappa shape index (κ3) is 2.77. The van der Waals surface area contributed by atoms with Crippen LogP contribution in [0.5, 0.6) is 0 Å². The Morgan fingerprint density at radius 3 is 2.57 bits per heavy atom. The average molecular weight is 293 g/mol. The summed E-state index contributed by atoms with van der Waals surface area (Å²) in [6, 6.07) is 0. The molecular formula is C15H23N3O3. The van der Waals surface area contributed by atoms with Gasteiger partial charge in [-0.25, -0.2) is 9.78 Å². The summed E-state index contributed by atoms with van der Waals surface area (Å²) in [6.45, 7) is 6.10. The molecule has 1 aromatic rings. The van der Waals surface area contributed by atoms with E-state index in [9.17, 15) is 4.79 Å². The van der Waals surface area contributed by atoms with E-state index in [0.29, 0.717) is 6.61 Å². The highest BCUT2D eigenvalue weighted by Gasteiger charge is 2.52. The molecule has 3 fully saturated rings. The lowest BCUT2D eigenvalue weighted by Gasteiger charge is -2.52. The number of carbonyl (C=O) groups excluding carboxylic acids is 1. The topological polar surface area (TPSA) is 76.2 Å². The van der Waals surface area contributed by atoms with Gasteiger partial charge in [0.2, 0.25) is 0 Å². The number of amides is 1. The number of carbonyl (C=O) groups is 1. The zero-order valence-corrected chi connectivity index (χ0v) is 12.9. The van der Waals surface area contributed by atoms with E-state index in [1.807, 2.05) is 27.0 Å². The first kappa shape index (κ1) is 14.4. The molecule has 0 atom stereocenters. The van der Waals surface area contributed by atoms with Gasteiger partial charge in [-0.15, -0.1) is 0 Å². The van der Waals surface area contributed by atoms with Crippen LogP contribution in [0, 0.1) is 0 Å². The van der Waals surface area contributed by atoms with E-state index >= 15 is 0 Å². The lowest BCUT2D eigenvalue weighted by atomic mass is 9.71. The quantitative estimate of drug-likeness (QED) is 0.878. The second-order valence-corrected chi connectivity index (χ2v) is 7.13. The first-order valence-electron chi connectivity index (χ1n) is 7.48. The van der Waals surface area contributed by atoms with Crippen molar-refractivity contribution in [3.63, 3.8) is 0 Å². The summed E-state index contributed by atoms with van der Waals surface area (Å²) in [5.74, 6) is 0.896. The van der Waals surface area contributed by atoms with Crippen LogP contribution in [0.2, 0.25) is 0 Å². The van der Waals surface area contributed by atoms with Crippen molar-refractivity contribution in [3.05, 3.63) is 18.2 Å². The van der Waals surface area contributed by atoms with E-state index in [4.69, 9.17) is 9.47 Å². The second-order valence-electron chi connectivity index (χ2n) is 7.13. The van der Waals surface area contributed by atoms with E-state index in [1.165, 1.54) is 0 Å². The smallest absolute Gasteiger partial charge is 0.408 e. The van der Waals surface area contributed by atoms with Crippen LogP contribution in [0.25, 0.3) is 0 Å². The summed E-state index contributed by atoms with van der Waals surface area (Å²) >= 11 is 0. The molecule has 1 aromatic heterocycles. The number of nitrogens with one attached hydrogen (secondary N) is 2. The fraction of sp³-hybridized carbons (Fsp3) is 0.733. The van der Waals surface area contributed by atoms with Crippen molar-refractivity contribution >= 4 is 6.09 Å². The number of imidazole rings is 1. The van der Waals surface area contributed by atoms with E-state index in [2.05, 4.69) is 15.3 Å². The van der Waals surface area contributed by atoms with Gasteiger partial charge in [-0.05, 0) is 46.5 Å². The fourth-order valence-electron chi connectivity index (χ4n) is 3.20. The number of rotatable bonds is 2. The Balaban J connectivity index is 1.65. The Hall–Kier alpha value is -1.56. The first-order valence-corrected chi connectivity index (χ1v) is 7.48. The number of aromatic amines is 1. The zero-order valence-electron chi connectivity index (χ0n) is 12.9. The molecule has 3 aliphatic rings. The van der Waals surface area contributed by atoms with Gasteiger partial charge in [0.15, 0.2) is 0 Å². The Kier molecular flexibility index (Phi) is 3.24. The highest BCUT2D eigenvalue weighted by molar-refractivity contribution is 5.69. The van der Waals surface area contributed by atoms with Gasteiger partial charge in [-0.1, -0.05) is 0 Å². The average Bonchev–Trinajstić information content (AvgIpc) is 2.92. The Bertz CT molecular complexity index is 494. The van der Waals surface area contributed by atoms with Crippen LogP contribution in [-0.4, -0.2) is 33.8 Å². The van der Waals surface area contributed by atoms with Crippen LogP contribution < -0.4 is 5.32 Å². The molecule has 21 heavy (non-hydrogen) atoms. The van der Waals surface area contributed by atoms with Gasteiger partial charge in [0.05, 0.1) is 12.1 Å². The molecule has 4 rings (SSSR count). The minimum Gasteiger partial charge on any atom is -0.444 e. The van der Waals surface area contributed by atoms with Crippen molar-refractivity contribution in [2.45, 2.75) is 63.2 Å². The molecule has 2 bridgehead atoms. The third-order valence-corrected chi connectivity index (χ3v) is 4.34. The lowest BCUT2D eigenvalue weighted by Crippen LogP contribution is -2.62. The van der Waals surface area contributed by atoms with Gasteiger partial charge in [-0.3, -0.25) is 0 Å². The summed E-state index contributed by atoms with van der Waals surface area (Å²) < 4.78 is 11.4. The number of ether oxygens (including phenoxy) is 2. The molecule has 6 nitrogen and oxygen atoms in total. The molecule has 1 saturated carbocycles. The maximum absolute atomic E-state index is 12.0. The minimum absolute atomic E-state index is 0.295. The van der Waals surface area contributed by atoms with Crippen LogP contribution in [-0.2, 0) is 15.1 Å². The van der Waals surface area contributed by atoms with Gasteiger partial charge in [0.1, 0.15) is 17.0 Å². The van der Waals surface area contributed by atoms with E-state index in [1.54, 1.807) is 6.20 Å². The summed E-state index contributed by atoms with van der Waals surface area (Å²) in [6.07, 6.45) is 6.69. The molecule has 1 aliphatic carbocycles. The zero-order chi connectivity index (χ0) is 15.1. The Labute approximate surface area is 124 Å². The SMILES string of the molecule is CC(C)(C)OC(=O)NC12CCC(c3ncc[nH]3)(CC1)OC2. The van der Waals surface area contributed by atoms with Crippen molar-refractivity contribution in [3.8, 4) is 0 Å². The van der Waals surface area contributed by atoms with E-state index < -0.39 is 5.60 Å². The second kappa shape index (κ2) is 4.73. The number of aromatic nitrogens is 2. The molecule has 6 heteroatoms. The maximum Gasteiger partial charge on any atom is 0.408 e. The molecule has 1 amide bonds. The molecule has 116 valence electrons. The van der Waals surface area contributed by atoms with Crippen molar-refractivity contribution in [2.24, 2.45) is 0 Å². The fourth-order valence-corrected chi connectivity index (χ4v) is 3.20. The number of alkyl carbamates (subject to hydrolysis) is 1. The van der Waals surface area contributed by atoms with Gasteiger partial charge < -0.3 is 19.8 Å². The third-order valence-electron chi connectivity index (χ3n) is 4.34. The molecule has 3 heterocycles. The van der Waals surface area contributed by atoms with Crippen LogP contribution >= 0.6 is 0 Å². The summed E-state index contributed by atoms with van der Waals surface area (Å²) in [5.41, 5.74) is -1.08. The highest BCUT2D eigenvalue weighted by Crippen LogP contribution is 2.48. The number of hydrogen-bond acceptors (Lipinski definition) is 4. The molecule has 0 aromatic carbocycles. The summed E-state index contributed by atoms with van der Waals surface area (Å²) in [7, 11) is 0. The van der Waals surface area contributed by atoms with Gasteiger partial charge >= 0.3 is 6.09 Å². The van der Waals surface area contributed by atoms with E-state index in [0.717, 1.165) is 31.5 Å². The normalized spacial score (nSPS) is 32.0. The molecule has 0 spiro atoms. The monoisotopic (exact) mass is 293 g/mol. The predicted octanol–water partition coefficient (Wildman–Crippen LogP) is 2.47. The standard InChI is InChI=1S/C15H23N3O3/c1-13(2,3)21-12(19)18-14-4-6-15(7-5-14,20-10-14)11-16-8-9-17-11/h8-9H,4-7,10H2,1-3H3,(H,16,17)(H,18,19). The van der Waals surface area contributed by atoms with E-state index in [-0.39, 0.29) is 17.2 Å². The molecule has 2 aliphatic heterocycles. The number of fused-ring (bicyclic) bond motifs is 3. The number of H-pyrrole nitrogens is 1. The molecule has 0 radical (unpaired) electrons. The number of nitrogens with zero attached hydrogens (tertiary/aromatic N) is 1. The lowest BCUT2D eigenvalue weighted by molar-refractivity contribution is -0.170. The highest BCUT2D eigenvalue weighted by atomic mass is 16.6. The molecular weight excluding hydrogens is 270 g/mol. The first-order chi connectivity index (χ1) is 9.83. The van der Waals surface area contributed by atoms with Crippen molar-refractivity contribution in [1.29, 1.82) is 0 Å².